The van der Waals surface area contributed by atoms with Gasteiger partial charge in [0.05, 0.1) is 16.0 Å². The molecule has 0 heterocycles. The lowest BCUT2D eigenvalue weighted by molar-refractivity contribution is -0.387. The molecule has 0 aromatic heterocycles. The average molecular weight is 230 g/mol. The van der Waals surface area contributed by atoms with E-state index in [4.69, 9.17) is 22.8 Å². The molecule has 0 amide bonds. The van der Waals surface area contributed by atoms with Crippen molar-refractivity contribution in [2.24, 2.45) is 0 Å². The normalized spacial score (nSPS) is 9.40. The van der Waals surface area contributed by atoms with E-state index in [1.165, 1.54) is 0 Å². The van der Waals surface area contributed by atoms with E-state index in [1.807, 2.05) is 0 Å². The van der Waals surface area contributed by atoms with Gasteiger partial charge in [0.15, 0.2) is 0 Å². The minimum Gasteiger partial charge on any atom is -0.479 e. The Morgan fingerprint density at radius 2 is 2.33 bits per heavy atom. The van der Waals surface area contributed by atoms with Gasteiger partial charge in [-0.1, -0.05) is 17.5 Å². The van der Waals surface area contributed by atoms with Crippen molar-refractivity contribution in [2.45, 2.75) is 0 Å². The first-order chi connectivity index (χ1) is 7.06. The molecule has 15 heavy (non-hydrogen) atoms. The molecule has 1 rings (SSSR count). The monoisotopic (exact) mass is 229 g/mol. The van der Waals surface area contributed by atoms with Gasteiger partial charge in [-0.05, 0) is 0 Å². The van der Waals surface area contributed by atoms with Crippen molar-refractivity contribution in [3.63, 3.8) is 0 Å². The standard InChI is InChI=1S/C9H5ClFNO3/c1-2-3-15-9-5-8(12(13)14)7(11)4-6(9)10/h1,4-5H,3H2. The van der Waals surface area contributed by atoms with Crippen molar-refractivity contribution in [1.82, 2.24) is 0 Å². The Labute approximate surface area is 89.8 Å². The van der Waals surface area contributed by atoms with Crippen LogP contribution >= 0.6 is 11.6 Å². The number of ether oxygens (including phenoxy) is 1. The second kappa shape index (κ2) is 4.62. The number of nitro benzene ring substituents is 1. The summed E-state index contributed by atoms with van der Waals surface area (Å²) in [5.41, 5.74) is -0.702. The fourth-order valence-corrected chi connectivity index (χ4v) is 1.09. The maximum absolute atomic E-state index is 13.0. The summed E-state index contributed by atoms with van der Waals surface area (Å²) in [4.78, 5) is 9.52. The van der Waals surface area contributed by atoms with Gasteiger partial charge < -0.3 is 4.74 Å². The van der Waals surface area contributed by atoms with E-state index in [1.54, 1.807) is 0 Å². The van der Waals surface area contributed by atoms with E-state index in [0.717, 1.165) is 12.1 Å². The van der Waals surface area contributed by atoms with E-state index in [0.29, 0.717) is 0 Å². The van der Waals surface area contributed by atoms with Crippen LogP contribution in [0.25, 0.3) is 0 Å². The molecule has 6 heteroatoms. The second-order valence-corrected chi connectivity index (χ2v) is 2.89. The highest BCUT2D eigenvalue weighted by Gasteiger charge is 2.18. The topological polar surface area (TPSA) is 52.4 Å². The number of nitro groups is 1. The summed E-state index contributed by atoms with van der Waals surface area (Å²) in [6.45, 7) is -0.0947. The lowest BCUT2D eigenvalue weighted by atomic mass is 10.3. The molecule has 0 aliphatic rings. The summed E-state index contributed by atoms with van der Waals surface area (Å²) in [7, 11) is 0. The Kier molecular flexibility index (Phi) is 3.47. The van der Waals surface area contributed by atoms with E-state index < -0.39 is 16.4 Å². The molecular weight excluding hydrogens is 225 g/mol. The zero-order valence-corrected chi connectivity index (χ0v) is 8.12. The molecule has 0 spiro atoms. The molecule has 0 unspecified atom stereocenters. The van der Waals surface area contributed by atoms with Crippen LogP contribution in [0.1, 0.15) is 0 Å². The number of nitrogens with zero attached hydrogens (tertiary/aromatic N) is 1. The predicted molar refractivity (Wildman–Crippen MR) is 52.4 cm³/mol. The minimum absolute atomic E-state index is 0.0114. The van der Waals surface area contributed by atoms with E-state index in [9.17, 15) is 14.5 Å². The van der Waals surface area contributed by atoms with Crippen LogP contribution in [0.3, 0.4) is 0 Å². The third-order valence-corrected chi connectivity index (χ3v) is 1.80. The minimum atomic E-state index is -1.02. The molecular formula is C9H5ClFNO3. The van der Waals surface area contributed by atoms with Crippen LogP contribution in [0.4, 0.5) is 10.1 Å². The molecule has 0 aliphatic carbocycles. The van der Waals surface area contributed by atoms with Crippen LogP contribution in [-0.4, -0.2) is 11.5 Å². The number of hydrogen-bond acceptors (Lipinski definition) is 3. The summed E-state index contributed by atoms with van der Waals surface area (Å²) in [5, 5.41) is 10.3. The second-order valence-electron chi connectivity index (χ2n) is 2.48. The number of rotatable bonds is 3. The van der Waals surface area contributed by atoms with Crippen LogP contribution < -0.4 is 4.74 Å². The Morgan fingerprint density at radius 1 is 1.67 bits per heavy atom. The zero-order chi connectivity index (χ0) is 11.4. The quantitative estimate of drug-likeness (QED) is 0.454. The van der Waals surface area contributed by atoms with Crippen LogP contribution in [0.2, 0.25) is 5.02 Å². The van der Waals surface area contributed by atoms with Gasteiger partial charge in [0.25, 0.3) is 0 Å². The first-order valence-electron chi connectivity index (χ1n) is 3.76. The Hall–Kier alpha value is -1.80. The molecule has 0 N–H and O–H groups in total. The van der Waals surface area contributed by atoms with E-state index in [2.05, 4.69) is 5.92 Å². The summed E-state index contributed by atoms with van der Waals surface area (Å²) in [6.07, 6.45) is 4.93. The number of hydrogen-bond donors (Lipinski definition) is 0. The smallest absolute Gasteiger partial charge is 0.308 e. The highest BCUT2D eigenvalue weighted by molar-refractivity contribution is 6.32. The predicted octanol–water partition coefficient (Wildman–Crippen LogP) is 2.40. The molecule has 0 aliphatic heterocycles. The van der Waals surface area contributed by atoms with Gasteiger partial charge in [0, 0.05) is 6.07 Å². The van der Waals surface area contributed by atoms with Gasteiger partial charge >= 0.3 is 5.69 Å². The summed E-state index contributed by atoms with van der Waals surface area (Å²) in [5.74, 6) is 1.14. The van der Waals surface area contributed by atoms with Crippen molar-refractivity contribution in [3.8, 4) is 18.1 Å². The Bertz CT molecular complexity index is 442. The van der Waals surface area contributed by atoms with Crippen LogP contribution in [0.15, 0.2) is 12.1 Å². The van der Waals surface area contributed by atoms with Crippen LogP contribution in [0.5, 0.6) is 5.75 Å². The SMILES string of the molecule is C#CCOc1cc([N+](=O)[O-])c(F)cc1Cl. The number of terminal acetylenes is 1. The third-order valence-electron chi connectivity index (χ3n) is 1.51. The van der Waals surface area contributed by atoms with Gasteiger partial charge in [-0.3, -0.25) is 10.1 Å². The maximum atomic E-state index is 13.0. The number of benzene rings is 1. The van der Waals surface area contributed by atoms with Crippen molar-refractivity contribution >= 4 is 17.3 Å². The molecule has 78 valence electrons. The lowest BCUT2D eigenvalue weighted by Crippen LogP contribution is -1.98. The van der Waals surface area contributed by atoms with Gasteiger partial charge in [-0.25, -0.2) is 0 Å². The highest BCUT2D eigenvalue weighted by Crippen LogP contribution is 2.31. The van der Waals surface area contributed by atoms with Crippen molar-refractivity contribution in [2.75, 3.05) is 6.61 Å². The van der Waals surface area contributed by atoms with Gasteiger partial charge in [0.1, 0.15) is 12.4 Å². The molecule has 0 atom stereocenters. The molecule has 0 saturated carbocycles. The largest absolute Gasteiger partial charge is 0.479 e. The van der Waals surface area contributed by atoms with Gasteiger partial charge in [-0.2, -0.15) is 4.39 Å². The van der Waals surface area contributed by atoms with Crippen LogP contribution in [0, 0.1) is 28.3 Å². The highest BCUT2D eigenvalue weighted by atomic mass is 35.5. The first-order valence-corrected chi connectivity index (χ1v) is 4.13. The molecule has 4 nitrogen and oxygen atoms in total. The molecule has 0 fully saturated rings. The van der Waals surface area contributed by atoms with Crippen molar-refractivity contribution in [3.05, 3.63) is 33.1 Å². The Balaban J connectivity index is 3.13. The first kappa shape index (κ1) is 11.3. The van der Waals surface area contributed by atoms with Gasteiger partial charge in [0.2, 0.25) is 5.82 Å². The third kappa shape index (κ3) is 2.58. The van der Waals surface area contributed by atoms with Gasteiger partial charge in [-0.15, -0.1) is 6.42 Å². The van der Waals surface area contributed by atoms with E-state index in [-0.39, 0.29) is 17.4 Å². The average Bonchev–Trinajstić information content (AvgIpc) is 2.16. The lowest BCUT2D eigenvalue weighted by Gasteiger charge is -2.04. The molecule has 0 saturated heterocycles. The van der Waals surface area contributed by atoms with E-state index >= 15 is 0 Å². The van der Waals surface area contributed by atoms with Crippen molar-refractivity contribution in [1.29, 1.82) is 0 Å². The fourth-order valence-electron chi connectivity index (χ4n) is 0.888. The summed E-state index contributed by atoms with van der Waals surface area (Å²) >= 11 is 5.59. The fraction of sp³-hybridized carbons (Fsp3) is 0.111. The maximum Gasteiger partial charge on any atom is 0.308 e. The zero-order valence-electron chi connectivity index (χ0n) is 7.37. The summed E-state index contributed by atoms with van der Waals surface area (Å²) < 4.78 is 17.9. The Morgan fingerprint density at radius 3 is 2.87 bits per heavy atom. The molecule has 0 radical (unpaired) electrons. The molecule has 1 aromatic carbocycles. The number of halogens is 2. The van der Waals surface area contributed by atoms with Crippen molar-refractivity contribution < 1.29 is 14.1 Å². The van der Waals surface area contributed by atoms with Crippen LogP contribution in [-0.2, 0) is 0 Å². The molecule has 0 bridgehead atoms. The molecule has 1 aromatic rings. The summed E-state index contributed by atoms with van der Waals surface area (Å²) in [6, 6.07) is 1.71.